The van der Waals surface area contributed by atoms with Crippen LogP contribution in [0.25, 0.3) is 0 Å². The maximum absolute atomic E-state index is 13.5. The van der Waals surface area contributed by atoms with Crippen molar-refractivity contribution in [2.45, 2.75) is 6.54 Å². The van der Waals surface area contributed by atoms with Crippen LogP contribution in [0.3, 0.4) is 0 Å². The highest BCUT2D eigenvalue weighted by atomic mass is 32.1. The Morgan fingerprint density at radius 2 is 2.30 bits per heavy atom. The summed E-state index contributed by atoms with van der Waals surface area (Å²) in [5.74, 6) is -1.33. The van der Waals surface area contributed by atoms with Gasteiger partial charge in [0.1, 0.15) is 12.4 Å². The van der Waals surface area contributed by atoms with Crippen LogP contribution < -0.4 is 10.1 Å². The molecule has 2 N–H and O–H groups in total. The van der Waals surface area contributed by atoms with Gasteiger partial charge in [0.2, 0.25) is 5.91 Å². The third-order valence-corrected chi connectivity index (χ3v) is 3.15. The molecule has 7 nitrogen and oxygen atoms in total. The largest absolute Gasteiger partial charge is 0.322 e. The van der Waals surface area contributed by atoms with E-state index in [4.69, 9.17) is 5.41 Å². The Morgan fingerprint density at radius 1 is 1.55 bits per heavy atom. The fourth-order valence-electron chi connectivity index (χ4n) is 1.50. The van der Waals surface area contributed by atoms with Crippen molar-refractivity contribution in [2.24, 2.45) is 0 Å². The Bertz CT molecular complexity index is 724. The van der Waals surface area contributed by atoms with Gasteiger partial charge in [0, 0.05) is 23.7 Å². The van der Waals surface area contributed by atoms with Gasteiger partial charge in [-0.15, -0.1) is 11.3 Å². The van der Waals surface area contributed by atoms with E-state index in [0.29, 0.717) is 0 Å². The Morgan fingerprint density at radius 3 is 2.90 bits per heavy atom. The van der Waals surface area contributed by atoms with Crippen LogP contribution in [0.4, 0.5) is 15.8 Å². The van der Waals surface area contributed by atoms with E-state index < -0.39 is 16.6 Å². The number of aromatic nitrogens is 1. The number of rotatable bonds is 4. The molecule has 0 radical (unpaired) electrons. The lowest BCUT2D eigenvalue weighted by Gasteiger charge is -2.06. The molecule has 0 aliphatic heterocycles. The molecular formula is C11H9FN4O3S. The molecule has 2 rings (SSSR count). The van der Waals surface area contributed by atoms with Crippen molar-refractivity contribution in [3.8, 4) is 0 Å². The summed E-state index contributed by atoms with van der Waals surface area (Å²) in [7, 11) is 0. The molecule has 0 bridgehead atoms. The molecule has 0 fully saturated rings. The average Bonchev–Trinajstić information content (AvgIpc) is 2.77. The van der Waals surface area contributed by atoms with Crippen molar-refractivity contribution in [3.05, 3.63) is 50.5 Å². The minimum atomic E-state index is -0.759. The van der Waals surface area contributed by atoms with E-state index in [0.717, 1.165) is 29.5 Å². The second-order valence-electron chi connectivity index (χ2n) is 3.81. The van der Waals surface area contributed by atoms with E-state index in [2.05, 4.69) is 5.32 Å². The SMILES string of the molecule is N=c1sccn1CC(=O)Nc1cc([N+](=O)[O-])ccc1F. The summed E-state index contributed by atoms with van der Waals surface area (Å²) >= 11 is 1.15. The van der Waals surface area contributed by atoms with Gasteiger partial charge in [-0.25, -0.2) is 4.39 Å². The van der Waals surface area contributed by atoms with Crippen LogP contribution in [0, 0.1) is 21.3 Å². The standard InChI is InChI=1S/C11H9FN4O3S/c12-8-2-1-7(16(18)19)5-9(8)14-10(17)6-15-3-4-20-11(15)13/h1-5,13H,6H2,(H,14,17). The first kappa shape index (κ1) is 13.9. The minimum Gasteiger partial charge on any atom is -0.322 e. The van der Waals surface area contributed by atoms with E-state index in [1.807, 2.05) is 0 Å². The summed E-state index contributed by atoms with van der Waals surface area (Å²) in [6.45, 7) is -0.162. The topological polar surface area (TPSA) is 101 Å². The first-order valence-electron chi connectivity index (χ1n) is 5.39. The number of hydrogen-bond donors (Lipinski definition) is 2. The molecule has 9 heteroatoms. The lowest BCUT2D eigenvalue weighted by atomic mass is 10.2. The Balaban J connectivity index is 2.15. The first-order valence-corrected chi connectivity index (χ1v) is 6.27. The van der Waals surface area contributed by atoms with Crippen molar-refractivity contribution >= 4 is 28.6 Å². The fourth-order valence-corrected chi connectivity index (χ4v) is 2.09. The summed E-state index contributed by atoms with van der Waals surface area (Å²) in [6, 6.07) is 2.88. The highest BCUT2D eigenvalue weighted by Gasteiger charge is 2.13. The molecule has 1 aromatic heterocycles. The molecule has 0 spiro atoms. The van der Waals surface area contributed by atoms with Gasteiger partial charge in [-0.2, -0.15) is 0 Å². The molecular weight excluding hydrogens is 287 g/mol. The number of halogens is 1. The number of nitrogens with one attached hydrogen (secondary N) is 2. The number of nitro groups is 1. The van der Waals surface area contributed by atoms with Crippen LogP contribution in [0.15, 0.2) is 29.8 Å². The second-order valence-corrected chi connectivity index (χ2v) is 4.70. The summed E-state index contributed by atoms with van der Waals surface area (Å²) < 4.78 is 14.8. The van der Waals surface area contributed by atoms with Crippen LogP contribution in [-0.4, -0.2) is 15.4 Å². The Labute approximate surface area is 116 Å². The highest BCUT2D eigenvalue weighted by molar-refractivity contribution is 7.06. The zero-order valence-electron chi connectivity index (χ0n) is 10.00. The van der Waals surface area contributed by atoms with Crippen LogP contribution in [0.2, 0.25) is 0 Å². The zero-order valence-corrected chi connectivity index (χ0v) is 10.8. The number of amides is 1. The lowest BCUT2D eigenvalue weighted by molar-refractivity contribution is -0.384. The first-order chi connectivity index (χ1) is 9.47. The van der Waals surface area contributed by atoms with E-state index in [9.17, 15) is 19.3 Å². The van der Waals surface area contributed by atoms with Gasteiger partial charge in [-0.05, 0) is 6.07 Å². The van der Waals surface area contributed by atoms with Crippen molar-refractivity contribution in [1.82, 2.24) is 4.57 Å². The number of nitrogens with zero attached hydrogens (tertiary/aromatic N) is 2. The summed E-state index contributed by atoms with van der Waals surface area (Å²) in [5, 5.41) is 22.0. The number of nitro benzene ring substituents is 1. The summed E-state index contributed by atoms with van der Waals surface area (Å²) in [4.78, 5) is 21.8. The van der Waals surface area contributed by atoms with E-state index >= 15 is 0 Å². The molecule has 0 aliphatic carbocycles. The molecule has 0 aliphatic rings. The molecule has 20 heavy (non-hydrogen) atoms. The molecule has 0 saturated heterocycles. The van der Waals surface area contributed by atoms with Crippen LogP contribution in [0.5, 0.6) is 0 Å². The third-order valence-electron chi connectivity index (χ3n) is 2.43. The molecule has 0 atom stereocenters. The number of non-ortho nitro benzene ring substituents is 1. The predicted molar refractivity (Wildman–Crippen MR) is 69.8 cm³/mol. The average molecular weight is 296 g/mol. The summed E-state index contributed by atoms with van der Waals surface area (Å²) in [5.41, 5.74) is -0.572. The number of carbonyl (C=O) groups excluding carboxylic acids is 1. The second kappa shape index (κ2) is 5.61. The van der Waals surface area contributed by atoms with Crippen LogP contribution in [0.1, 0.15) is 0 Å². The lowest BCUT2D eigenvalue weighted by Crippen LogP contribution is -2.24. The summed E-state index contributed by atoms with van der Waals surface area (Å²) in [6.07, 6.45) is 1.55. The predicted octanol–water partition coefficient (Wildman–Crippen LogP) is 1.72. The van der Waals surface area contributed by atoms with Crippen molar-refractivity contribution < 1.29 is 14.1 Å². The van der Waals surface area contributed by atoms with E-state index in [1.165, 1.54) is 4.57 Å². The maximum atomic E-state index is 13.5. The Kier molecular flexibility index (Phi) is 3.89. The quantitative estimate of drug-likeness (QED) is 0.663. The number of benzene rings is 1. The monoisotopic (exact) mass is 296 g/mol. The van der Waals surface area contributed by atoms with Gasteiger partial charge in [-0.3, -0.25) is 20.3 Å². The van der Waals surface area contributed by atoms with Gasteiger partial charge in [-0.1, -0.05) is 0 Å². The van der Waals surface area contributed by atoms with Crippen LogP contribution >= 0.6 is 11.3 Å². The Hall–Kier alpha value is -2.55. The highest BCUT2D eigenvalue weighted by Crippen LogP contribution is 2.21. The third kappa shape index (κ3) is 3.06. The molecule has 0 unspecified atom stereocenters. The van der Waals surface area contributed by atoms with Crippen molar-refractivity contribution in [2.75, 3.05) is 5.32 Å². The van der Waals surface area contributed by atoms with Gasteiger partial charge < -0.3 is 9.88 Å². The van der Waals surface area contributed by atoms with E-state index in [1.54, 1.807) is 11.6 Å². The number of hydrogen-bond acceptors (Lipinski definition) is 5. The van der Waals surface area contributed by atoms with Gasteiger partial charge in [0.25, 0.3) is 5.69 Å². The zero-order chi connectivity index (χ0) is 14.7. The maximum Gasteiger partial charge on any atom is 0.271 e. The van der Waals surface area contributed by atoms with E-state index in [-0.39, 0.29) is 22.7 Å². The smallest absolute Gasteiger partial charge is 0.271 e. The van der Waals surface area contributed by atoms with Crippen molar-refractivity contribution in [1.29, 1.82) is 5.41 Å². The van der Waals surface area contributed by atoms with Crippen LogP contribution in [-0.2, 0) is 11.3 Å². The van der Waals surface area contributed by atoms with Gasteiger partial charge in [0.05, 0.1) is 10.6 Å². The minimum absolute atomic E-state index is 0.162. The molecule has 1 aromatic carbocycles. The molecule has 1 heterocycles. The number of thiazole rings is 1. The fraction of sp³-hybridized carbons (Fsp3) is 0.0909. The molecule has 1 amide bonds. The number of anilines is 1. The molecule has 104 valence electrons. The normalized spacial score (nSPS) is 10.2. The molecule has 0 saturated carbocycles. The van der Waals surface area contributed by atoms with Gasteiger partial charge in [0.15, 0.2) is 4.80 Å². The number of carbonyl (C=O) groups is 1. The van der Waals surface area contributed by atoms with Crippen molar-refractivity contribution in [3.63, 3.8) is 0 Å². The molecule has 2 aromatic rings. The van der Waals surface area contributed by atoms with Gasteiger partial charge >= 0.3 is 0 Å².